The van der Waals surface area contributed by atoms with E-state index in [1.807, 2.05) is 57.2 Å². The zero-order valence-corrected chi connectivity index (χ0v) is 16.8. The predicted octanol–water partition coefficient (Wildman–Crippen LogP) is 4.82. The lowest BCUT2D eigenvalue weighted by Gasteiger charge is -2.10. The van der Waals surface area contributed by atoms with Gasteiger partial charge in [0.2, 0.25) is 5.88 Å². The molecule has 29 heavy (non-hydrogen) atoms. The van der Waals surface area contributed by atoms with E-state index in [0.29, 0.717) is 30.4 Å². The molecule has 6 nitrogen and oxygen atoms in total. The molecule has 0 amide bonds. The summed E-state index contributed by atoms with van der Waals surface area (Å²) in [5.74, 6) is 2.32. The first-order valence-electron chi connectivity index (χ1n) is 9.47. The molecule has 0 atom stereocenters. The van der Waals surface area contributed by atoms with Crippen LogP contribution in [0, 0.1) is 13.8 Å². The molecule has 0 saturated heterocycles. The third-order valence-corrected chi connectivity index (χ3v) is 4.21. The molecule has 0 spiro atoms. The average molecular weight is 391 g/mol. The molecule has 0 bridgehead atoms. The van der Waals surface area contributed by atoms with Crippen LogP contribution >= 0.6 is 0 Å². The number of aliphatic imine (C=N–C) groups is 1. The Hall–Kier alpha value is -3.38. The SMILES string of the molecule is CCOc1ccccc1CN=C(NO)c1ccc(Oc2cc(C)cc(C)c2)nc1. The highest BCUT2D eigenvalue weighted by atomic mass is 16.5. The molecule has 0 radical (unpaired) electrons. The Kier molecular flexibility index (Phi) is 6.81. The van der Waals surface area contributed by atoms with Gasteiger partial charge in [-0.05, 0) is 56.2 Å². The molecule has 2 aromatic carbocycles. The van der Waals surface area contributed by atoms with Crippen LogP contribution in [-0.4, -0.2) is 22.6 Å². The first-order valence-corrected chi connectivity index (χ1v) is 9.47. The van der Waals surface area contributed by atoms with Crippen LogP contribution in [0.4, 0.5) is 0 Å². The van der Waals surface area contributed by atoms with Crippen molar-refractivity contribution in [3.05, 3.63) is 83.0 Å². The Balaban J connectivity index is 1.74. The van der Waals surface area contributed by atoms with Gasteiger partial charge in [0.25, 0.3) is 0 Å². The van der Waals surface area contributed by atoms with Gasteiger partial charge in [0.05, 0.1) is 13.2 Å². The molecule has 1 heterocycles. The number of hydrogen-bond acceptors (Lipinski definition) is 5. The van der Waals surface area contributed by atoms with Gasteiger partial charge in [-0.3, -0.25) is 15.7 Å². The van der Waals surface area contributed by atoms with Gasteiger partial charge >= 0.3 is 0 Å². The Labute approximate surface area is 170 Å². The summed E-state index contributed by atoms with van der Waals surface area (Å²) in [7, 11) is 0. The van der Waals surface area contributed by atoms with Crippen LogP contribution in [-0.2, 0) is 6.54 Å². The summed E-state index contributed by atoms with van der Waals surface area (Å²) in [5.41, 5.74) is 5.99. The van der Waals surface area contributed by atoms with Crippen molar-refractivity contribution < 1.29 is 14.7 Å². The zero-order chi connectivity index (χ0) is 20.6. The molecule has 0 saturated carbocycles. The second kappa shape index (κ2) is 9.71. The number of rotatable bonds is 7. The van der Waals surface area contributed by atoms with Gasteiger partial charge in [0, 0.05) is 23.4 Å². The molecule has 0 aliphatic carbocycles. The fourth-order valence-corrected chi connectivity index (χ4v) is 2.98. The van der Waals surface area contributed by atoms with Crippen LogP contribution in [0.3, 0.4) is 0 Å². The van der Waals surface area contributed by atoms with Gasteiger partial charge < -0.3 is 9.47 Å². The molecule has 3 rings (SSSR count). The minimum atomic E-state index is 0.321. The van der Waals surface area contributed by atoms with Gasteiger partial charge in [-0.25, -0.2) is 4.98 Å². The molecule has 0 aliphatic heterocycles. The summed E-state index contributed by atoms with van der Waals surface area (Å²) in [4.78, 5) is 8.78. The normalized spacial score (nSPS) is 11.2. The summed E-state index contributed by atoms with van der Waals surface area (Å²) in [6.07, 6.45) is 1.61. The zero-order valence-electron chi connectivity index (χ0n) is 16.8. The highest BCUT2D eigenvalue weighted by Crippen LogP contribution is 2.23. The molecular formula is C23H25N3O3. The van der Waals surface area contributed by atoms with Crippen LogP contribution in [0.25, 0.3) is 0 Å². The van der Waals surface area contributed by atoms with E-state index >= 15 is 0 Å². The molecule has 6 heteroatoms. The smallest absolute Gasteiger partial charge is 0.219 e. The maximum atomic E-state index is 9.52. The molecule has 0 fully saturated rings. The van der Waals surface area contributed by atoms with Crippen molar-refractivity contribution in [1.29, 1.82) is 0 Å². The number of hydroxylamine groups is 1. The summed E-state index contributed by atoms with van der Waals surface area (Å²) >= 11 is 0. The molecule has 1 aromatic heterocycles. The largest absolute Gasteiger partial charge is 0.494 e. The number of pyridine rings is 1. The summed E-state index contributed by atoms with van der Waals surface area (Å²) < 4.78 is 11.4. The van der Waals surface area contributed by atoms with E-state index < -0.39 is 0 Å². The number of nitrogens with zero attached hydrogens (tertiary/aromatic N) is 2. The lowest BCUT2D eigenvalue weighted by molar-refractivity contribution is 0.234. The number of para-hydroxylation sites is 1. The van der Waals surface area contributed by atoms with Crippen molar-refractivity contribution >= 4 is 5.84 Å². The van der Waals surface area contributed by atoms with E-state index in [0.717, 1.165) is 28.2 Å². The number of benzene rings is 2. The summed E-state index contributed by atoms with van der Waals surface area (Å²) in [6, 6.07) is 17.2. The van der Waals surface area contributed by atoms with E-state index in [1.54, 1.807) is 18.3 Å². The third-order valence-electron chi connectivity index (χ3n) is 4.21. The highest BCUT2D eigenvalue weighted by Gasteiger charge is 2.07. The van der Waals surface area contributed by atoms with Crippen LogP contribution in [0.1, 0.15) is 29.2 Å². The highest BCUT2D eigenvalue weighted by molar-refractivity contribution is 5.97. The van der Waals surface area contributed by atoms with Crippen LogP contribution in [0.2, 0.25) is 0 Å². The molecule has 3 aromatic rings. The van der Waals surface area contributed by atoms with Crippen molar-refractivity contribution in [3.8, 4) is 17.4 Å². The number of hydrogen-bond donors (Lipinski definition) is 2. The van der Waals surface area contributed by atoms with Gasteiger partial charge in [-0.1, -0.05) is 24.3 Å². The lowest BCUT2D eigenvalue weighted by Crippen LogP contribution is -2.20. The first-order chi connectivity index (χ1) is 14.1. The van der Waals surface area contributed by atoms with E-state index in [-0.39, 0.29) is 0 Å². The fraction of sp³-hybridized carbons (Fsp3) is 0.217. The molecule has 0 unspecified atom stereocenters. The van der Waals surface area contributed by atoms with Crippen LogP contribution < -0.4 is 15.0 Å². The van der Waals surface area contributed by atoms with E-state index in [9.17, 15) is 5.21 Å². The van der Waals surface area contributed by atoms with Crippen molar-refractivity contribution in [1.82, 2.24) is 10.5 Å². The van der Waals surface area contributed by atoms with Crippen molar-refractivity contribution in [2.45, 2.75) is 27.3 Å². The number of aromatic nitrogens is 1. The van der Waals surface area contributed by atoms with Crippen LogP contribution in [0.15, 0.2) is 65.8 Å². The van der Waals surface area contributed by atoms with E-state index in [2.05, 4.69) is 21.5 Å². The predicted molar refractivity (Wildman–Crippen MR) is 113 cm³/mol. The van der Waals surface area contributed by atoms with E-state index in [1.165, 1.54) is 0 Å². The van der Waals surface area contributed by atoms with Crippen molar-refractivity contribution in [3.63, 3.8) is 0 Å². The number of aryl methyl sites for hydroxylation is 2. The molecule has 150 valence electrons. The van der Waals surface area contributed by atoms with Crippen LogP contribution in [0.5, 0.6) is 17.4 Å². The van der Waals surface area contributed by atoms with Crippen molar-refractivity contribution in [2.75, 3.05) is 6.61 Å². The lowest BCUT2D eigenvalue weighted by atomic mass is 10.1. The number of ether oxygens (including phenoxy) is 2. The molecule has 2 N–H and O–H groups in total. The Morgan fingerprint density at radius 2 is 1.83 bits per heavy atom. The maximum Gasteiger partial charge on any atom is 0.219 e. The van der Waals surface area contributed by atoms with E-state index in [4.69, 9.17) is 9.47 Å². The standard InChI is InChI=1S/C23H25N3O3/c1-4-28-21-8-6-5-7-18(21)14-25-23(26-27)19-9-10-22(24-15-19)29-20-12-16(2)11-17(3)13-20/h5-13,15,27H,4,14H2,1-3H3,(H,25,26). The maximum absolute atomic E-state index is 9.52. The number of amidine groups is 1. The van der Waals surface area contributed by atoms with Gasteiger partial charge in [-0.15, -0.1) is 0 Å². The molecular weight excluding hydrogens is 366 g/mol. The summed E-state index contributed by atoms with van der Waals surface area (Å²) in [5, 5.41) is 9.52. The minimum absolute atomic E-state index is 0.321. The topological polar surface area (TPSA) is 76.0 Å². The van der Waals surface area contributed by atoms with Gasteiger partial charge in [0.15, 0.2) is 5.84 Å². The third kappa shape index (κ3) is 5.56. The second-order valence-electron chi connectivity index (χ2n) is 6.63. The Morgan fingerprint density at radius 3 is 2.48 bits per heavy atom. The minimum Gasteiger partial charge on any atom is -0.494 e. The quantitative estimate of drug-likeness (QED) is 0.343. The first kappa shape index (κ1) is 20.4. The van der Waals surface area contributed by atoms with Gasteiger partial charge in [0.1, 0.15) is 11.5 Å². The fourth-order valence-electron chi connectivity index (χ4n) is 2.98. The Morgan fingerprint density at radius 1 is 1.07 bits per heavy atom. The molecule has 0 aliphatic rings. The van der Waals surface area contributed by atoms with Crippen molar-refractivity contribution in [2.24, 2.45) is 4.99 Å². The number of nitrogens with one attached hydrogen (secondary N) is 1. The summed E-state index contributed by atoms with van der Waals surface area (Å²) in [6.45, 7) is 6.93. The van der Waals surface area contributed by atoms with Gasteiger partial charge in [-0.2, -0.15) is 0 Å². The average Bonchev–Trinajstić information content (AvgIpc) is 2.70. The monoisotopic (exact) mass is 391 g/mol. The Bertz CT molecular complexity index is 965. The second-order valence-corrected chi connectivity index (χ2v) is 6.63.